The van der Waals surface area contributed by atoms with E-state index in [1.165, 1.54) is 12.1 Å². The Labute approximate surface area is 319 Å². The molecule has 1 fully saturated rings. The molecule has 1 aliphatic heterocycles. The zero-order valence-electron chi connectivity index (χ0n) is 31.1. The minimum absolute atomic E-state index is 0.153. The first kappa shape index (κ1) is 37.2. The molecule has 11 nitrogen and oxygen atoms in total. The molecule has 6 aromatic rings. The van der Waals surface area contributed by atoms with Crippen molar-refractivity contribution >= 4 is 34.4 Å². The second-order valence-electron chi connectivity index (χ2n) is 13.7. The molecule has 4 heterocycles. The van der Waals surface area contributed by atoms with Gasteiger partial charge in [-0.1, -0.05) is 43.3 Å². The molecule has 0 atom stereocenters. The molecule has 1 aliphatic rings. The summed E-state index contributed by atoms with van der Waals surface area (Å²) >= 11 is 0. The third-order valence-corrected chi connectivity index (χ3v) is 9.99. The van der Waals surface area contributed by atoms with Crippen LogP contribution in [0.1, 0.15) is 69.8 Å². The van der Waals surface area contributed by atoms with Gasteiger partial charge in [-0.15, -0.1) is 0 Å². The summed E-state index contributed by atoms with van der Waals surface area (Å²) in [5.74, 6) is -0.553. The van der Waals surface area contributed by atoms with E-state index in [4.69, 9.17) is 15.5 Å². The van der Waals surface area contributed by atoms with Gasteiger partial charge in [-0.2, -0.15) is 5.10 Å². The van der Waals surface area contributed by atoms with E-state index in [1.807, 2.05) is 60.3 Å². The van der Waals surface area contributed by atoms with Gasteiger partial charge in [0.2, 0.25) is 5.91 Å². The van der Waals surface area contributed by atoms with Gasteiger partial charge < -0.3 is 26.0 Å². The molecule has 0 spiro atoms. The highest BCUT2D eigenvalue weighted by atomic mass is 19.1. The summed E-state index contributed by atoms with van der Waals surface area (Å²) in [5, 5.41) is 12.6. The number of carbonyl (C=O) groups excluding carboxylic acids is 2. The summed E-state index contributed by atoms with van der Waals surface area (Å²) in [5.41, 5.74) is 12.4. The molecule has 12 heteroatoms. The molecule has 3 aromatic heterocycles. The average molecular weight is 741 g/mol. The van der Waals surface area contributed by atoms with Crippen LogP contribution in [-0.4, -0.2) is 55.7 Å². The number of pyridine rings is 2. The summed E-state index contributed by atoms with van der Waals surface area (Å²) < 4.78 is 23.2. The Balaban J connectivity index is 1.27. The number of carbonyl (C=O) groups is 2. The van der Waals surface area contributed by atoms with Crippen molar-refractivity contribution in [2.45, 2.75) is 65.3 Å². The second kappa shape index (κ2) is 16.9. The number of fused-ring (bicyclic) bond motifs is 1. The highest BCUT2D eigenvalue weighted by Gasteiger charge is 2.26. The molecule has 0 aliphatic carbocycles. The predicted octanol–water partition coefficient (Wildman–Crippen LogP) is 7.36. The Bertz CT molecular complexity index is 2310. The Hall–Kier alpha value is -6.14. The van der Waals surface area contributed by atoms with E-state index >= 15 is 4.39 Å². The zero-order valence-corrected chi connectivity index (χ0v) is 31.1. The van der Waals surface area contributed by atoms with Gasteiger partial charge in [0.05, 0.1) is 23.8 Å². The maximum Gasteiger partial charge on any atom is 0.254 e. The molecule has 0 unspecified atom stereocenters. The van der Waals surface area contributed by atoms with E-state index in [2.05, 4.69) is 27.6 Å². The van der Waals surface area contributed by atoms with Crippen molar-refractivity contribution in [3.8, 4) is 11.1 Å². The molecular weight excluding hydrogens is 696 g/mol. The molecular formula is C43H45FN8O3. The highest BCUT2D eigenvalue weighted by molar-refractivity contribution is 5.99. The van der Waals surface area contributed by atoms with Crippen molar-refractivity contribution in [2.75, 3.05) is 23.8 Å². The van der Waals surface area contributed by atoms with Crippen LogP contribution in [-0.2, 0) is 37.3 Å². The zero-order chi connectivity index (χ0) is 38.3. The topological polar surface area (TPSA) is 140 Å². The van der Waals surface area contributed by atoms with E-state index in [0.717, 1.165) is 57.8 Å². The number of aryl methyl sites for hydroxylation is 2. The number of amides is 2. The van der Waals surface area contributed by atoms with Crippen molar-refractivity contribution < 1.29 is 18.7 Å². The lowest BCUT2D eigenvalue weighted by atomic mass is 9.99. The van der Waals surface area contributed by atoms with Crippen molar-refractivity contribution in [3.63, 3.8) is 0 Å². The monoisotopic (exact) mass is 740 g/mol. The summed E-state index contributed by atoms with van der Waals surface area (Å²) in [6, 6.07) is 24.9. The number of aromatic nitrogens is 4. The van der Waals surface area contributed by atoms with Crippen LogP contribution in [0.3, 0.4) is 0 Å². The molecule has 282 valence electrons. The Morgan fingerprint density at radius 1 is 0.945 bits per heavy atom. The minimum atomic E-state index is -0.624. The van der Waals surface area contributed by atoms with Crippen LogP contribution < -0.4 is 16.4 Å². The Morgan fingerprint density at radius 3 is 2.53 bits per heavy atom. The number of anilines is 2. The number of hydrogen-bond donors (Lipinski definition) is 3. The predicted molar refractivity (Wildman–Crippen MR) is 212 cm³/mol. The van der Waals surface area contributed by atoms with Crippen LogP contribution in [0, 0.1) is 5.82 Å². The van der Waals surface area contributed by atoms with E-state index in [9.17, 15) is 9.59 Å². The SMILES string of the molecule is CCc1nc2c(cnn2CC)c(NC2CCOCC2)c1CN(Cc1ccc(F)c(-c2cccc(CNc3ccccn3)c2)c1)C(=O)c1cccc(C(N)=O)c1. The number of halogens is 1. The molecule has 0 saturated carbocycles. The third kappa shape index (κ3) is 8.49. The molecule has 4 N–H and O–H groups in total. The van der Waals surface area contributed by atoms with E-state index in [-0.39, 0.29) is 36.4 Å². The summed E-state index contributed by atoms with van der Waals surface area (Å²) in [6.07, 6.45) is 5.87. The minimum Gasteiger partial charge on any atom is -0.381 e. The van der Waals surface area contributed by atoms with Crippen LogP contribution in [0.25, 0.3) is 22.2 Å². The smallest absolute Gasteiger partial charge is 0.254 e. The number of nitrogens with two attached hydrogens (primary N) is 1. The summed E-state index contributed by atoms with van der Waals surface area (Å²) in [4.78, 5) is 37.9. The second-order valence-corrected chi connectivity index (χ2v) is 13.7. The molecule has 0 bridgehead atoms. The van der Waals surface area contributed by atoms with Gasteiger partial charge in [0.25, 0.3) is 5.91 Å². The van der Waals surface area contributed by atoms with E-state index in [0.29, 0.717) is 49.4 Å². The number of ether oxygens (including phenoxy) is 1. The molecule has 2 amide bonds. The first-order valence-electron chi connectivity index (χ1n) is 18.7. The van der Waals surface area contributed by atoms with Crippen LogP contribution in [0.2, 0.25) is 0 Å². The van der Waals surface area contributed by atoms with Gasteiger partial charge in [-0.25, -0.2) is 19.0 Å². The lowest BCUT2D eigenvalue weighted by molar-refractivity contribution is 0.0729. The third-order valence-electron chi connectivity index (χ3n) is 9.99. The van der Waals surface area contributed by atoms with Gasteiger partial charge in [-0.05, 0) is 91.4 Å². The summed E-state index contributed by atoms with van der Waals surface area (Å²) in [6.45, 7) is 6.92. The van der Waals surface area contributed by atoms with E-state index < -0.39 is 5.91 Å². The fourth-order valence-electron chi connectivity index (χ4n) is 7.08. The normalized spacial score (nSPS) is 13.1. The highest BCUT2D eigenvalue weighted by Crippen LogP contribution is 2.34. The molecule has 0 radical (unpaired) electrons. The van der Waals surface area contributed by atoms with Crippen LogP contribution in [0.4, 0.5) is 15.9 Å². The lowest BCUT2D eigenvalue weighted by Gasteiger charge is -2.29. The van der Waals surface area contributed by atoms with Crippen molar-refractivity contribution in [3.05, 3.63) is 137 Å². The average Bonchev–Trinajstić information content (AvgIpc) is 3.64. The van der Waals surface area contributed by atoms with E-state index in [1.54, 1.807) is 41.4 Å². The fourth-order valence-corrected chi connectivity index (χ4v) is 7.08. The number of hydrogen-bond acceptors (Lipinski definition) is 8. The number of primary amides is 1. The van der Waals surface area contributed by atoms with Crippen LogP contribution >= 0.6 is 0 Å². The Kier molecular flexibility index (Phi) is 11.4. The number of rotatable bonds is 14. The van der Waals surface area contributed by atoms with Crippen LogP contribution in [0.5, 0.6) is 0 Å². The van der Waals surface area contributed by atoms with Gasteiger partial charge >= 0.3 is 0 Å². The largest absolute Gasteiger partial charge is 0.381 e. The molecule has 7 rings (SSSR count). The van der Waals surface area contributed by atoms with Crippen molar-refractivity contribution in [2.24, 2.45) is 5.73 Å². The molecule has 3 aromatic carbocycles. The number of benzene rings is 3. The molecule has 55 heavy (non-hydrogen) atoms. The maximum absolute atomic E-state index is 15.6. The number of nitrogens with zero attached hydrogens (tertiary/aromatic N) is 5. The lowest BCUT2D eigenvalue weighted by Crippen LogP contribution is -2.33. The van der Waals surface area contributed by atoms with Gasteiger partial charge in [0, 0.05) is 73.0 Å². The first-order valence-corrected chi connectivity index (χ1v) is 18.7. The van der Waals surface area contributed by atoms with Gasteiger partial charge in [0.1, 0.15) is 11.6 Å². The maximum atomic E-state index is 15.6. The van der Waals surface area contributed by atoms with Crippen molar-refractivity contribution in [1.82, 2.24) is 24.6 Å². The van der Waals surface area contributed by atoms with Crippen molar-refractivity contribution in [1.29, 1.82) is 0 Å². The van der Waals surface area contributed by atoms with Crippen LogP contribution in [0.15, 0.2) is 97.3 Å². The standard InChI is InChI=1S/C43H45FN8O3/c1-3-38-36(40(49-33-16-19-55-20-17-33)35-25-48-52(4-2)42(35)50-38)27-51(43(54)32-12-8-11-31(23-32)41(45)53)26-29-14-15-37(44)34(22-29)30-10-7-9-28(21-30)24-47-39-13-5-6-18-46-39/h5-15,18,21-23,25,33H,3-4,16-17,19-20,24,26-27H2,1-2H3,(H2,45,53)(H,46,47)(H,49,50). The Morgan fingerprint density at radius 2 is 1.76 bits per heavy atom. The van der Waals surface area contributed by atoms with Gasteiger partial charge in [-0.3, -0.25) is 9.59 Å². The quantitative estimate of drug-likeness (QED) is 0.105. The first-order chi connectivity index (χ1) is 26.8. The van der Waals surface area contributed by atoms with Gasteiger partial charge in [0.15, 0.2) is 5.65 Å². The summed E-state index contributed by atoms with van der Waals surface area (Å²) in [7, 11) is 0. The fraction of sp³-hybridized carbons (Fsp3) is 0.279. The molecule has 1 saturated heterocycles. The number of nitrogens with one attached hydrogen (secondary N) is 2.